The Hall–Kier alpha value is -2.02. The Morgan fingerprint density at radius 2 is 2.14 bits per heavy atom. The summed E-state index contributed by atoms with van der Waals surface area (Å²) in [5.74, 6) is -2.20. The molecule has 1 aromatic carbocycles. The minimum absolute atomic E-state index is 0.0517. The predicted octanol–water partition coefficient (Wildman–Crippen LogP) is 1.54. The topological polar surface area (TPSA) is 73.9 Å². The smallest absolute Gasteiger partial charge is 0.354 e. The second-order valence-electron chi connectivity index (χ2n) is 4.72. The molecule has 7 heteroatoms. The summed E-state index contributed by atoms with van der Waals surface area (Å²) in [6, 6.07) is 3.50. The number of carbonyl (C=O) groups is 1. The van der Waals surface area contributed by atoms with E-state index < -0.39 is 23.2 Å². The first-order valence-corrected chi connectivity index (χ1v) is 6.56. The fourth-order valence-electron chi connectivity index (χ4n) is 2.18. The molecule has 0 saturated heterocycles. The largest absolute Gasteiger partial charge is 0.463 e. The van der Waals surface area contributed by atoms with E-state index in [1.807, 2.05) is 0 Å². The fourth-order valence-corrected chi connectivity index (χ4v) is 2.18. The van der Waals surface area contributed by atoms with Crippen molar-refractivity contribution in [2.75, 3.05) is 13.2 Å². The molecule has 1 aliphatic rings. The molecule has 1 unspecified atom stereocenters. The monoisotopic (exact) mass is 298 g/mol. The minimum atomic E-state index is -1.56. The lowest BCUT2D eigenvalue weighted by Gasteiger charge is -2.24. The van der Waals surface area contributed by atoms with Gasteiger partial charge in [0.15, 0.2) is 0 Å². The molecular weight excluding hydrogens is 282 g/mol. The number of hydrogen-bond acceptors (Lipinski definition) is 5. The van der Waals surface area contributed by atoms with E-state index in [0.29, 0.717) is 5.71 Å². The molecule has 0 fully saturated rings. The number of ether oxygens (including phenoxy) is 1. The van der Waals surface area contributed by atoms with Gasteiger partial charge in [-0.25, -0.2) is 13.6 Å². The third-order valence-corrected chi connectivity index (χ3v) is 3.25. The van der Waals surface area contributed by atoms with Gasteiger partial charge in [0.05, 0.1) is 12.3 Å². The van der Waals surface area contributed by atoms with Crippen molar-refractivity contribution < 1.29 is 23.1 Å². The quantitative estimate of drug-likeness (QED) is 0.837. The number of rotatable bonds is 5. The second-order valence-corrected chi connectivity index (χ2v) is 4.72. The van der Waals surface area contributed by atoms with Crippen LogP contribution in [0, 0.1) is 11.6 Å². The van der Waals surface area contributed by atoms with Crippen LogP contribution < -0.4 is 5.73 Å². The van der Waals surface area contributed by atoms with Crippen molar-refractivity contribution in [1.29, 1.82) is 0 Å². The van der Waals surface area contributed by atoms with E-state index in [1.54, 1.807) is 6.92 Å². The number of esters is 1. The van der Waals surface area contributed by atoms with Crippen LogP contribution in [0.5, 0.6) is 0 Å². The molecule has 2 rings (SSSR count). The van der Waals surface area contributed by atoms with E-state index in [1.165, 1.54) is 6.07 Å². The summed E-state index contributed by atoms with van der Waals surface area (Å²) in [5, 5.41) is 3.71. The van der Waals surface area contributed by atoms with Gasteiger partial charge in [-0.05, 0) is 19.1 Å². The van der Waals surface area contributed by atoms with Crippen molar-refractivity contribution in [1.82, 2.24) is 0 Å². The maximum Gasteiger partial charge on any atom is 0.354 e. The zero-order valence-corrected chi connectivity index (χ0v) is 11.6. The van der Waals surface area contributed by atoms with Crippen LogP contribution in [0.4, 0.5) is 8.78 Å². The average Bonchev–Trinajstić information content (AvgIpc) is 2.88. The van der Waals surface area contributed by atoms with Gasteiger partial charge in [0, 0.05) is 24.9 Å². The molecule has 0 radical (unpaired) electrons. The SMILES string of the molecule is CCOC(=O)C1(Cc2c(F)cccc2F)CC(CN)=NO1. The summed E-state index contributed by atoms with van der Waals surface area (Å²) in [5.41, 5.74) is 4.12. The Balaban J connectivity index is 2.32. The van der Waals surface area contributed by atoms with Crippen molar-refractivity contribution in [3.05, 3.63) is 35.4 Å². The van der Waals surface area contributed by atoms with Crippen LogP contribution in [0.2, 0.25) is 0 Å². The lowest BCUT2D eigenvalue weighted by atomic mass is 9.89. The summed E-state index contributed by atoms with van der Waals surface area (Å²) in [6.45, 7) is 1.86. The van der Waals surface area contributed by atoms with Crippen LogP contribution in [0.25, 0.3) is 0 Å². The molecule has 0 aromatic heterocycles. The molecule has 1 aromatic rings. The van der Waals surface area contributed by atoms with Crippen LogP contribution in [0.15, 0.2) is 23.4 Å². The summed E-state index contributed by atoms with van der Waals surface area (Å²) in [4.78, 5) is 17.3. The van der Waals surface area contributed by atoms with Crippen molar-refractivity contribution in [2.45, 2.75) is 25.4 Å². The first-order chi connectivity index (χ1) is 10.0. The molecule has 0 saturated carbocycles. The molecule has 0 amide bonds. The fraction of sp³-hybridized carbons (Fsp3) is 0.429. The van der Waals surface area contributed by atoms with E-state index in [0.717, 1.165) is 12.1 Å². The average molecular weight is 298 g/mol. The number of nitrogens with zero attached hydrogens (tertiary/aromatic N) is 1. The van der Waals surface area contributed by atoms with E-state index in [9.17, 15) is 13.6 Å². The first kappa shape index (κ1) is 15.4. The zero-order valence-electron chi connectivity index (χ0n) is 11.6. The van der Waals surface area contributed by atoms with Gasteiger partial charge in [0.2, 0.25) is 5.60 Å². The highest BCUT2D eigenvalue weighted by molar-refractivity contribution is 5.94. The number of oxime groups is 1. The number of nitrogens with two attached hydrogens (primary N) is 1. The third kappa shape index (κ3) is 3.02. The molecule has 0 aliphatic carbocycles. The van der Waals surface area contributed by atoms with Crippen molar-refractivity contribution >= 4 is 11.7 Å². The molecule has 1 aliphatic heterocycles. The highest BCUT2D eigenvalue weighted by Gasteiger charge is 2.48. The van der Waals surface area contributed by atoms with Crippen molar-refractivity contribution in [3.63, 3.8) is 0 Å². The number of carbonyl (C=O) groups excluding carboxylic acids is 1. The van der Waals surface area contributed by atoms with Gasteiger partial charge < -0.3 is 15.3 Å². The van der Waals surface area contributed by atoms with E-state index in [4.69, 9.17) is 15.3 Å². The van der Waals surface area contributed by atoms with Gasteiger partial charge in [-0.15, -0.1) is 0 Å². The second kappa shape index (κ2) is 6.17. The van der Waals surface area contributed by atoms with Gasteiger partial charge in [0.25, 0.3) is 0 Å². The summed E-state index contributed by atoms with van der Waals surface area (Å²) in [6.07, 6.45) is -0.257. The number of hydrogen-bond donors (Lipinski definition) is 1. The summed E-state index contributed by atoms with van der Waals surface area (Å²) < 4.78 is 32.5. The van der Waals surface area contributed by atoms with Gasteiger partial charge >= 0.3 is 5.97 Å². The summed E-state index contributed by atoms with van der Waals surface area (Å²) in [7, 11) is 0. The third-order valence-electron chi connectivity index (χ3n) is 3.25. The Bertz CT molecular complexity index is 557. The van der Waals surface area contributed by atoms with Gasteiger partial charge in [-0.1, -0.05) is 11.2 Å². The van der Waals surface area contributed by atoms with Crippen molar-refractivity contribution in [2.24, 2.45) is 10.9 Å². The zero-order chi connectivity index (χ0) is 15.5. The molecule has 5 nitrogen and oxygen atoms in total. The Labute approximate surface area is 120 Å². The minimum Gasteiger partial charge on any atom is -0.463 e. The van der Waals surface area contributed by atoms with Crippen LogP contribution in [-0.2, 0) is 20.8 Å². The molecular formula is C14H16F2N2O3. The first-order valence-electron chi connectivity index (χ1n) is 6.56. The molecule has 114 valence electrons. The standard InChI is InChI=1S/C14H16F2N2O3/c1-2-20-13(19)14(6-9(8-17)18-21-14)7-10-11(15)4-3-5-12(10)16/h3-5H,2,6-8,17H2,1H3. The highest BCUT2D eigenvalue weighted by atomic mass is 19.1. The van der Waals surface area contributed by atoms with Crippen LogP contribution in [0.1, 0.15) is 18.9 Å². The lowest BCUT2D eigenvalue weighted by molar-refractivity contribution is -0.169. The molecule has 0 spiro atoms. The molecule has 1 heterocycles. The Kier molecular flexibility index (Phi) is 4.52. The maximum atomic E-state index is 13.8. The van der Waals surface area contributed by atoms with Gasteiger partial charge in [-0.3, -0.25) is 0 Å². The van der Waals surface area contributed by atoms with E-state index >= 15 is 0 Å². The molecule has 2 N–H and O–H groups in total. The van der Waals surface area contributed by atoms with E-state index in [2.05, 4.69) is 5.16 Å². The van der Waals surface area contributed by atoms with Crippen LogP contribution in [-0.4, -0.2) is 30.4 Å². The Morgan fingerprint density at radius 3 is 2.67 bits per heavy atom. The molecule has 1 atom stereocenters. The maximum absolute atomic E-state index is 13.8. The van der Waals surface area contributed by atoms with Crippen LogP contribution in [0.3, 0.4) is 0 Å². The van der Waals surface area contributed by atoms with E-state index in [-0.39, 0.29) is 31.6 Å². The molecule has 0 bridgehead atoms. The summed E-state index contributed by atoms with van der Waals surface area (Å²) >= 11 is 0. The normalized spacial score (nSPS) is 20.9. The van der Waals surface area contributed by atoms with Gasteiger partial charge in [0.1, 0.15) is 11.6 Å². The van der Waals surface area contributed by atoms with Crippen molar-refractivity contribution in [3.8, 4) is 0 Å². The van der Waals surface area contributed by atoms with Gasteiger partial charge in [-0.2, -0.15) is 0 Å². The molecule has 21 heavy (non-hydrogen) atoms. The van der Waals surface area contributed by atoms with Crippen LogP contribution >= 0.6 is 0 Å². The Morgan fingerprint density at radius 1 is 1.48 bits per heavy atom. The predicted molar refractivity (Wildman–Crippen MR) is 71.6 cm³/mol. The lowest BCUT2D eigenvalue weighted by Crippen LogP contribution is -2.43. The number of benzene rings is 1. The highest BCUT2D eigenvalue weighted by Crippen LogP contribution is 2.31. The number of halogens is 2.